The van der Waals surface area contributed by atoms with Crippen molar-refractivity contribution < 1.29 is 9.53 Å². The average molecular weight is 240 g/mol. The molecule has 1 N–H and O–H groups in total. The summed E-state index contributed by atoms with van der Waals surface area (Å²) in [5.74, 6) is 0.272. The first-order valence-electron chi connectivity index (χ1n) is 6.94. The number of amides is 1. The van der Waals surface area contributed by atoms with Crippen molar-refractivity contribution in [3.8, 4) is 0 Å². The Kier molecular flexibility index (Phi) is 4.40. The van der Waals surface area contributed by atoms with Crippen molar-refractivity contribution in [2.24, 2.45) is 0 Å². The fraction of sp³-hybridized carbons (Fsp3) is 0.923. The van der Waals surface area contributed by atoms with E-state index in [-0.39, 0.29) is 24.2 Å². The summed E-state index contributed by atoms with van der Waals surface area (Å²) in [5, 5.41) is 3.44. The third-order valence-electron chi connectivity index (χ3n) is 3.74. The molecule has 2 saturated heterocycles. The third kappa shape index (κ3) is 2.80. The molecule has 3 atom stereocenters. The smallest absolute Gasteiger partial charge is 0.241 e. The van der Waals surface area contributed by atoms with Crippen molar-refractivity contribution in [1.29, 1.82) is 0 Å². The van der Waals surface area contributed by atoms with Gasteiger partial charge in [0.2, 0.25) is 5.91 Å². The van der Waals surface area contributed by atoms with E-state index in [0.29, 0.717) is 0 Å². The van der Waals surface area contributed by atoms with Gasteiger partial charge in [0.25, 0.3) is 0 Å². The van der Waals surface area contributed by atoms with E-state index < -0.39 is 0 Å². The average Bonchev–Trinajstić information content (AvgIpc) is 2.92. The molecule has 1 amide bonds. The summed E-state index contributed by atoms with van der Waals surface area (Å²) in [5.41, 5.74) is 0. The molecule has 0 bridgehead atoms. The van der Waals surface area contributed by atoms with E-state index in [1.165, 1.54) is 0 Å². The Labute approximate surface area is 104 Å². The summed E-state index contributed by atoms with van der Waals surface area (Å²) in [6, 6.07) is 0.0337. The monoisotopic (exact) mass is 240 g/mol. The van der Waals surface area contributed by atoms with E-state index in [4.69, 9.17) is 4.74 Å². The largest absolute Gasteiger partial charge is 0.376 e. The molecule has 0 aliphatic carbocycles. The van der Waals surface area contributed by atoms with Crippen LogP contribution in [0.5, 0.6) is 0 Å². The molecule has 4 heteroatoms. The van der Waals surface area contributed by atoms with Gasteiger partial charge in [-0.05, 0) is 25.7 Å². The van der Waals surface area contributed by atoms with Gasteiger partial charge < -0.3 is 9.64 Å². The normalized spacial score (nSPS) is 33.6. The van der Waals surface area contributed by atoms with E-state index in [2.05, 4.69) is 19.2 Å². The summed E-state index contributed by atoms with van der Waals surface area (Å²) in [7, 11) is 0. The second-order valence-corrected chi connectivity index (χ2v) is 5.06. The Morgan fingerprint density at radius 2 is 2.29 bits per heavy atom. The number of nitrogens with zero attached hydrogens (tertiary/aromatic N) is 1. The van der Waals surface area contributed by atoms with Gasteiger partial charge in [-0.2, -0.15) is 0 Å². The van der Waals surface area contributed by atoms with Crippen LogP contribution in [-0.2, 0) is 9.53 Å². The quantitative estimate of drug-likeness (QED) is 0.792. The molecule has 0 aromatic carbocycles. The first kappa shape index (κ1) is 12.8. The van der Waals surface area contributed by atoms with Crippen LogP contribution in [0.2, 0.25) is 0 Å². The molecule has 3 unspecified atom stereocenters. The third-order valence-corrected chi connectivity index (χ3v) is 3.74. The lowest BCUT2D eigenvalue weighted by Crippen LogP contribution is -2.41. The molecule has 0 spiro atoms. The number of carbonyl (C=O) groups excluding carboxylic acids is 1. The second-order valence-electron chi connectivity index (χ2n) is 5.06. The van der Waals surface area contributed by atoms with Crippen LogP contribution >= 0.6 is 0 Å². The van der Waals surface area contributed by atoms with Crippen molar-refractivity contribution >= 4 is 5.91 Å². The van der Waals surface area contributed by atoms with Gasteiger partial charge in [0.15, 0.2) is 0 Å². The Bertz CT molecular complexity index is 264. The molecule has 98 valence electrons. The molecule has 2 fully saturated rings. The van der Waals surface area contributed by atoms with Gasteiger partial charge in [-0.25, -0.2) is 0 Å². The lowest BCUT2D eigenvalue weighted by Gasteiger charge is -2.25. The molecule has 0 aromatic rings. The SMILES string of the molecule is CCCC1NC(CC)N(CC2CCCO2)C1=O. The summed E-state index contributed by atoms with van der Waals surface area (Å²) >= 11 is 0. The molecule has 0 radical (unpaired) electrons. The highest BCUT2D eigenvalue weighted by Gasteiger charge is 2.38. The molecule has 2 rings (SSSR count). The predicted molar refractivity (Wildman–Crippen MR) is 66.6 cm³/mol. The molecular formula is C13H24N2O2. The highest BCUT2D eigenvalue weighted by atomic mass is 16.5. The lowest BCUT2D eigenvalue weighted by molar-refractivity contribution is -0.131. The van der Waals surface area contributed by atoms with Crippen LogP contribution in [0.4, 0.5) is 0 Å². The molecule has 17 heavy (non-hydrogen) atoms. The number of carbonyl (C=O) groups is 1. The lowest BCUT2D eigenvalue weighted by atomic mass is 10.1. The van der Waals surface area contributed by atoms with Gasteiger partial charge in [-0.3, -0.25) is 10.1 Å². The van der Waals surface area contributed by atoms with Crippen molar-refractivity contribution in [3.05, 3.63) is 0 Å². The van der Waals surface area contributed by atoms with Gasteiger partial charge in [0, 0.05) is 13.2 Å². The maximum atomic E-state index is 12.3. The van der Waals surface area contributed by atoms with E-state index in [1.54, 1.807) is 0 Å². The highest BCUT2D eigenvalue weighted by molar-refractivity contribution is 5.84. The van der Waals surface area contributed by atoms with Gasteiger partial charge in [-0.1, -0.05) is 20.3 Å². The highest BCUT2D eigenvalue weighted by Crippen LogP contribution is 2.21. The zero-order valence-corrected chi connectivity index (χ0v) is 10.9. The number of hydrogen-bond donors (Lipinski definition) is 1. The van der Waals surface area contributed by atoms with Crippen LogP contribution in [0.3, 0.4) is 0 Å². The number of hydrogen-bond acceptors (Lipinski definition) is 3. The Balaban J connectivity index is 1.95. The van der Waals surface area contributed by atoms with E-state index >= 15 is 0 Å². The molecule has 2 aliphatic rings. The van der Waals surface area contributed by atoms with Crippen LogP contribution < -0.4 is 5.32 Å². The Hall–Kier alpha value is -0.610. The van der Waals surface area contributed by atoms with Gasteiger partial charge in [0.05, 0.1) is 18.3 Å². The van der Waals surface area contributed by atoms with Crippen LogP contribution in [0.25, 0.3) is 0 Å². The second kappa shape index (κ2) is 5.83. The standard InChI is InChI=1S/C13H24N2O2/c1-3-6-11-13(16)15(12(4-2)14-11)9-10-7-5-8-17-10/h10-12,14H,3-9H2,1-2H3. The maximum Gasteiger partial charge on any atom is 0.241 e. The van der Waals surface area contributed by atoms with Crippen molar-refractivity contribution in [3.63, 3.8) is 0 Å². The van der Waals surface area contributed by atoms with E-state index in [9.17, 15) is 4.79 Å². The Morgan fingerprint density at radius 1 is 1.47 bits per heavy atom. The van der Waals surface area contributed by atoms with Crippen molar-refractivity contribution in [2.45, 2.75) is 64.3 Å². The summed E-state index contributed by atoms with van der Waals surface area (Å²) in [6.45, 7) is 5.88. The zero-order valence-electron chi connectivity index (χ0n) is 10.9. The van der Waals surface area contributed by atoms with Gasteiger partial charge >= 0.3 is 0 Å². The molecule has 2 heterocycles. The minimum absolute atomic E-state index is 0.0337. The van der Waals surface area contributed by atoms with Crippen molar-refractivity contribution in [1.82, 2.24) is 10.2 Å². The molecular weight excluding hydrogens is 216 g/mol. The van der Waals surface area contributed by atoms with Crippen LogP contribution in [0.1, 0.15) is 46.0 Å². The minimum Gasteiger partial charge on any atom is -0.376 e. The summed E-state index contributed by atoms with van der Waals surface area (Å²) in [4.78, 5) is 14.3. The predicted octanol–water partition coefficient (Wildman–Crippen LogP) is 1.50. The maximum absolute atomic E-state index is 12.3. The Morgan fingerprint density at radius 3 is 2.88 bits per heavy atom. The fourth-order valence-corrected chi connectivity index (χ4v) is 2.81. The number of nitrogens with one attached hydrogen (secondary N) is 1. The first-order valence-corrected chi connectivity index (χ1v) is 6.94. The first-order chi connectivity index (χ1) is 8.26. The molecule has 0 saturated carbocycles. The van der Waals surface area contributed by atoms with Crippen LogP contribution in [0.15, 0.2) is 0 Å². The minimum atomic E-state index is 0.0337. The van der Waals surface area contributed by atoms with E-state index in [1.807, 2.05) is 4.90 Å². The van der Waals surface area contributed by atoms with Gasteiger partial charge in [-0.15, -0.1) is 0 Å². The van der Waals surface area contributed by atoms with E-state index in [0.717, 1.165) is 45.3 Å². The number of rotatable bonds is 5. The summed E-state index contributed by atoms with van der Waals surface area (Å²) in [6.07, 6.45) is 5.66. The fourth-order valence-electron chi connectivity index (χ4n) is 2.81. The zero-order chi connectivity index (χ0) is 12.3. The molecule has 2 aliphatic heterocycles. The van der Waals surface area contributed by atoms with Crippen LogP contribution in [-0.4, -0.2) is 42.3 Å². The number of ether oxygens (including phenoxy) is 1. The van der Waals surface area contributed by atoms with Gasteiger partial charge in [0.1, 0.15) is 0 Å². The summed E-state index contributed by atoms with van der Waals surface area (Å²) < 4.78 is 5.63. The molecule has 4 nitrogen and oxygen atoms in total. The van der Waals surface area contributed by atoms with Crippen LogP contribution in [0, 0.1) is 0 Å². The molecule has 0 aromatic heterocycles. The van der Waals surface area contributed by atoms with Crippen molar-refractivity contribution in [2.75, 3.05) is 13.2 Å². The topological polar surface area (TPSA) is 41.6 Å².